The number of piperidine rings is 1. The molecule has 0 spiro atoms. The van der Waals surface area contributed by atoms with Gasteiger partial charge in [0, 0.05) is 32.0 Å². The van der Waals surface area contributed by atoms with Crippen LogP contribution in [0.15, 0.2) is 24.3 Å². The summed E-state index contributed by atoms with van der Waals surface area (Å²) in [6, 6.07) is 7.96. The lowest BCUT2D eigenvalue weighted by atomic mass is 9.96. The summed E-state index contributed by atoms with van der Waals surface area (Å²) in [7, 11) is 0. The van der Waals surface area contributed by atoms with Crippen molar-refractivity contribution in [3.05, 3.63) is 41.5 Å². The molecule has 2 atom stereocenters. The van der Waals surface area contributed by atoms with Crippen LogP contribution in [-0.4, -0.2) is 57.1 Å². The van der Waals surface area contributed by atoms with Crippen LogP contribution in [0.2, 0.25) is 0 Å². The van der Waals surface area contributed by atoms with E-state index in [2.05, 4.69) is 26.6 Å². The Hall–Kier alpha value is -1.92. The molecule has 28 heavy (non-hydrogen) atoms. The molecule has 0 amide bonds. The van der Waals surface area contributed by atoms with Crippen LogP contribution in [0.5, 0.6) is 5.75 Å². The maximum atomic E-state index is 10.5. The summed E-state index contributed by atoms with van der Waals surface area (Å²) in [6.45, 7) is 6.05. The van der Waals surface area contributed by atoms with E-state index in [0.29, 0.717) is 19.1 Å². The Balaban J connectivity index is 1.31. The monoisotopic (exact) mass is 384 g/mol. The predicted molar refractivity (Wildman–Crippen MR) is 109 cm³/mol. The molecule has 3 heterocycles. The number of aliphatic hydroxyl groups excluding tert-OH is 1. The fourth-order valence-corrected chi connectivity index (χ4v) is 4.42. The van der Waals surface area contributed by atoms with Crippen molar-refractivity contribution in [3.8, 4) is 5.75 Å². The van der Waals surface area contributed by atoms with E-state index >= 15 is 0 Å². The van der Waals surface area contributed by atoms with E-state index in [-0.39, 0.29) is 0 Å². The minimum atomic E-state index is -0.490. The summed E-state index contributed by atoms with van der Waals surface area (Å²) in [5.41, 5.74) is 1.21. The molecule has 6 nitrogen and oxygen atoms in total. The van der Waals surface area contributed by atoms with Gasteiger partial charge in [-0.1, -0.05) is 24.1 Å². The van der Waals surface area contributed by atoms with Gasteiger partial charge in [-0.25, -0.2) is 0 Å². The van der Waals surface area contributed by atoms with Crippen molar-refractivity contribution in [1.29, 1.82) is 0 Å². The van der Waals surface area contributed by atoms with Gasteiger partial charge in [-0.3, -0.25) is 4.90 Å². The molecule has 4 rings (SSSR count). The van der Waals surface area contributed by atoms with Crippen LogP contribution in [-0.2, 0) is 13.0 Å². The number of aryl methyl sites for hydroxylation is 2. The van der Waals surface area contributed by atoms with Gasteiger partial charge in [0.2, 0.25) is 0 Å². The molecule has 0 bridgehead atoms. The molecular weight excluding hydrogens is 352 g/mol. The zero-order valence-electron chi connectivity index (χ0n) is 16.9. The largest absolute Gasteiger partial charge is 0.491 e. The van der Waals surface area contributed by atoms with E-state index in [9.17, 15) is 5.11 Å². The van der Waals surface area contributed by atoms with E-state index in [1.54, 1.807) is 0 Å². The van der Waals surface area contributed by atoms with Crippen molar-refractivity contribution < 1.29 is 9.84 Å². The van der Waals surface area contributed by atoms with Crippen molar-refractivity contribution in [3.63, 3.8) is 0 Å². The predicted octanol–water partition coefficient (Wildman–Crippen LogP) is 2.93. The molecule has 0 aliphatic carbocycles. The van der Waals surface area contributed by atoms with Crippen LogP contribution in [0.1, 0.15) is 55.2 Å². The molecule has 1 aromatic heterocycles. The van der Waals surface area contributed by atoms with Crippen molar-refractivity contribution in [2.75, 3.05) is 26.2 Å². The van der Waals surface area contributed by atoms with Crippen LogP contribution < -0.4 is 4.74 Å². The molecular formula is C22H32N4O2. The Morgan fingerprint density at radius 1 is 1.11 bits per heavy atom. The third-order valence-corrected chi connectivity index (χ3v) is 5.94. The first-order valence-corrected chi connectivity index (χ1v) is 10.7. The molecule has 2 unspecified atom stereocenters. The fraction of sp³-hybridized carbons (Fsp3) is 0.636. The van der Waals surface area contributed by atoms with Crippen molar-refractivity contribution in [2.45, 2.75) is 64.0 Å². The molecule has 1 fully saturated rings. The van der Waals surface area contributed by atoms with Gasteiger partial charge in [-0.15, -0.1) is 10.2 Å². The van der Waals surface area contributed by atoms with Gasteiger partial charge in [-0.05, 0) is 51.3 Å². The van der Waals surface area contributed by atoms with Crippen LogP contribution in [0.3, 0.4) is 0 Å². The van der Waals surface area contributed by atoms with E-state index in [4.69, 9.17) is 4.74 Å². The fourth-order valence-electron chi connectivity index (χ4n) is 4.42. The number of β-amino-alcohol motifs (C(OH)–C–C–N with tert-alkyl or cyclic N) is 1. The summed E-state index contributed by atoms with van der Waals surface area (Å²) in [4.78, 5) is 2.36. The number of hydrogen-bond donors (Lipinski definition) is 1. The van der Waals surface area contributed by atoms with E-state index in [0.717, 1.165) is 56.3 Å². The molecule has 0 saturated carbocycles. The Labute approximate surface area is 167 Å². The first-order valence-electron chi connectivity index (χ1n) is 10.7. The zero-order chi connectivity index (χ0) is 19.3. The summed E-state index contributed by atoms with van der Waals surface area (Å²) >= 11 is 0. The van der Waals surface area contributed by atoms with Gasteiger partial charge >= 0.3 is 0 Å². The Kier molecular flexibility index (Phi) is 6.27. The molecule has 6 heteroatoms. The molecule has 2 aromatic rings. The summed E-state index contributed by atoms with van der Waals surface area (Å²) < 4.78 is 8.12. The number of nitrogens with zero attached hydrogens (tertiary/aromatic N) is 4. The number of hydrogen-bond acceptors (Lipinski definition) is 5. The average Bonchev–Trinajstić information content (AvgIpc) is 2.96. The number of rotatable bonds is 6. The lowest BCUT2D eigenvalue weighted by molar-refractivity contribution is 0.0575. The van der Waals surface area contributed by atoms with E-state index in [1.807, 2.05) is 24.3 Å². The minimum absolute atomic E-state index is 0.324. The van der Waals surface area contributed by atoms with E-state index < -0.39 is 6.10 Å². The second-order valence-electron chi connectivity index (χ2n) is 8.31. The highest BCUT2D eigenvalue weighted by Crippen LogP contribution is 2.28. The number of benzene rings is 1. The SMILES string of the molecule is Cc1ccc(OCC(O)CN2CCCC(c3nnc4n3CCCCC4)C2)cc1. The summed E-state index contributed by atoms with van der Waals surface area (Å²) in [6.07, 6.45) is 6.59. The Morgan fingerprint density at radius 2 is 1.96 bits per heavy atom. The first kappa shape index (κ1) is 19.4. The lowest BCUT2D eigenvalue weighted by Gasteiger charge is -2.33. The maximum Gasteiger partial charge on any atom is 0.137 e. The minimum Gasteiger partial charge on any atom is -0.491 e. The summed E-state index contributed by atoms with van der Waals surface area (Å²) in [5, 5.41) is 19.5. The van der Waals surface area contributed by atoms with Crippen LogP contribution in [0, 0.1) is 6.92 Å². The van der Waals surface area contributed by atoms with Crippen LogP contribution in [0.4, 0.5) is 0 Å². The second-order valence-corrected chi connectivity index (χ2v) is 8.31. The van der Waals surface area contributed by atoms with Gasteiger partial charge in [0.15, 0.2) is 0 Å². The van der Waals surface area contributed by atoms with Gasteiger partial charge in [-0.2, -0.15) is 0 Å². The van der Waals surface area contributed by atoms with Gasteiger partial charge in [0.25, 0.3) is 0 Å². The third-order valence-electron chi connectivity index (χ3n) is 5.94. The van der Waals surface area contributed by atoms with Gasteiger partial charge < -0.3 is 14.4 Å². The number of aliphatic hydroxyl groups is 1. The lowest BCUT2D eigenvalue weighted by Crippen LogP contribution is -2.41. The topological polar surface area (TPSA) is 63.4 Å². The highest BCUT2D eigenvalue weighted by molar-refractivity contribution is 5.26. The number of aromatic nitrogens is 3. The van der Waals surface area contributed by atoms with Crippen molar-refractivity contribution >= 4 is 0 Å². The summed E-state index contributed by atoms with van der Waals surface area (Å²) in [5.74, 6) is 3.55. The van der Waals surface area contributed by atoms with Gasteiger partial charge in [0.05, 0.1) is 0 Å². The number of likely N-dealkylation sites (tertiary alicyclic amines) is 1. The second kappa shape index (κ2) is 9.05. The Bertz CT molecular complexity index is 758. The standard InChI is InChI=1S/C22H32N4O2/c1-17-8-10-20(11-9-17)28-16-19(27)15-25-12-5-6-18(14-25)22-24-23-21-7-3-2-4-13-26(21)22/h8-11,18-19,27H,2-7,12-16H2,1H3. The normalized spacial score (nSPS) is 21.7. The molecule has 2 aliphatic rings. The third kappa shape index (κ3) is 4.73. The zero-order valence-corrected chi connectivity index (χ0v) is 16.9. The molecule has 1 N–H and O–H groups in total. The highest BCUT2D eigenvalue weighted by atomic mass is 16.5. The number of ether oxygens (including phenoxy) is 1. The van der Waals surface area contributed by atoms with Crippen molar-refractivity contribution in [2.24, 2.45) is 0 Å². The molecule has 0 radical (unpaired) electrons. The smallest absolute Gasteiger partial charge is 0.137 e. The highest BCUT2D eigenvalue weighted by Gasteiger charge is 2.28. The quantitative estimate of drug-likeness (QED) is 0.830. The molecule has 2 aliphatic heterocycles. The van der Waals surface area contributed by atoms with Crippen LogP contribution in [0.25, 0.3) is 0 Å². The first-order chi connectivity index (χ1) is 13.7. The Morgan fingerprint density at radius 3 is 2.82 bits per heavy atom. The van der Waals surface area contributed by atoms with E-state index in [1.165, 1.54) is 24.8 Å². The average molecular weight is 385 g/mol. The molecule has 1 saturated heterocycles. The van der Waals surface area contributed by atoms with Gasteiger partial charge in [0.1, 0.15) is 30.1 Å². The molecule has 1 aromatic carbocycles. The maximum absolute atomic E-state index is 10.5. The van der Waals surface area contributed by atoms with Crippen molar-refractivity contribution in [1.82, 2.24) is 19.7 Å². The molecule has 152 valence electrons. The van der Waals surface area contributed by atoms with Crippen LogP contribution >= 0.6 is 0 Å². The number of fused-ring (bicyclic) bond motifs is 1.